The zero-order chi connectivity index (χ0) is 23.2. The van der Waals surface area contributed by atoms with E-state index in [1.54, 1.807) is 18.7 Å². The van der Waals surface area contributed by atoms with Gasteiger partial charge in [0.1, 0.15) is 6.61 Å². The predicted octanol–water partition coefficient (Wildman–Crippen LogP) is 2.71. The van der Waals surface area contributed by atoms with Crippen LogP contribution in [0.2, 0.25) is 0 Å². The number of methoxy groups -OCH3 is 1. The molecule has 9 nitrogen and oxygen atoms in total. The highest BCUT2D eigenvalue weighted by Gasteiger charge is 2.33. The molecule has 1 aliphatic heterocycles. The number of esters is 1. The fourth-order valence-corrected chi connectivity index (χ4v) is 4.60. The van der Waals surface area contributed by atoms with Crippen molar-refractivity contribution in [3.05, 3.63) is 0 Å². The van der Waals surface area contributed by atoms with Gasteiger partial charge in [-0.2, -0.15) is 0 Å². The molecular formula is C20H34N2O7S2. The minimum Gasteiger partial charge on any atom is -0.479 e. The third-order valence-corrected chi connectivity index (χ3v) is 5.96. The van der Waals surface area contributed by atoms with Gasteiger partial charge >= 0.3 is 12.1 Å². The number of carbonyl (C=O) groups is 3. The summed E-state index contributed by atoms with van der Waals surface area (Å²) in [6.45, 7) is 7.08. The van der Waals surface area contributed by atoms with Crippen molar-refractivity contribution in [3.63, 3.8) is 0 Å². The van der Waals surface area contributed by atoms with Crippen LogP contribution in [0.3, 0.4) is 0 Å². The van der Waals surface area contributed by atoms with Gasteiger partial charge in [-0.1, -0.05) is 18.7 Å². The number of carbonyl (C=O) groups excluding carboxylic acids is 3. The van der Waals surface area contributed by atoms with Gasteiger partial charge in [0.15, 0.2) is 0 Å². The van der Waals surface area contributed by atoms with Gasteiger partial charge < -0.3 is 29.2 Å². The molecule has 1 rings (SSSR count). The SMILES string of the molecule is CCOC(=O)C(C)CC(CC(NC(=O)OCCOC)SC(=S)OCC)N1CCCC1=O. The Kier molecular flexibility index (Phi) is 13.5. The molecule has 1 heterocycles. The van der Waals surface area contributed by atoms with Crippen LogP contribution in [0.5, 0.6) is 0 Å². The molecular weight excluding hydrogens is 444 g/mol. The van der Waals surface area contributed by atoms with Gasteiger partial charge in [-0.25, -0.2) is 4.79 Å². The van der Waals surface area contributed by atoms with E-state index in [9.17, 15) is 14.4 Å². The Morgan fingerprint density at radius 2 is 1.87 bits per heavy atom. The van der Waals surface area contributed by atoms with E-state index in [4.69, 9.17) is 31.2 Å². The molecule has 31 heavy (non-hydrogen) atoms. The Labute approximate surface area is 193 Å². The molecule has 2 amide bonds. The summed E-state index contributed by atoms with van der Waals surface area (Å²) < 4.78 is 20.8. The largest absolute Gasteiger partial charge is 0.479 e. The predicted molar refractivity (Wildman–Crippen MR) is 122 cm³/mol. The molecule has 0 bridgehead atoms. The van der Waals surface area contributed by atoms with Gasteiger partial charge in [-0.05, 0) is 45.3 Å². The summed E-state index contributed by atoms with van der Waals surface area (Å²) in [6.07, 6.45) is 1.44. The third-order valence-electron chi connectivity index (χ3n) is 4.65. The number of rotatable bonds is 13. The number of alkyl carbamates (subject to hydrolysis) is 1. The normalized spacial score (nSPS) is 16.4. The molecule has 3 unspecified atom stereocenters. The van der Waals surface area contributed by atoms with Crippen LogP contribution in [0, 0.1) is 5.92 Å². The summed E-state index contributed by atoms with van der Waals surface area (Å²) in [5.41, 5.74) is 0. The van der Waals surface area contributed by atoms with Gasteiger partial charge in [0.25, 0.3) is 0 Å². The molecule has 1 fully saturated rings. The second-order valence-corrected chi connectivity index (χ2v) is 8.84. The zero-order valence-corrected chi connectivity index (χ0v) is 20.4. The van der Waals surface area contributed by atoms with Gasteiger partial charge in [-0.15, -0.1) is 0 Å². The van der Waals surface area contributed by atoms with E-state index in [0.717, 1.165) is 6.42 Å². The minimum absolute atomic E-state index is 0.0415. The lowest BCUT2D eigenvalue weighted by Crippen LogP contribution is -2.44. The summed E-state index contributed by atoms with van der Waals surface area (Å²) in [5.74, 6) is -0.656. The topological polar surface area (TPSA) is 103 Å². The molecule has 1 saturated heterocycles. The first-order valence-corrected chi connectivity index (χ1v) is 11.8. The Balaban J connectivity index is 2.92. The number of thioether (sulfide) groups is 1. The summed E-state index contributed by atoms with van der Waals surface area (Å²) in [4.78, 5) is 38.6. The van der Waals surface area contributed by atoms with E-state index in [1.807, 2.05) is 6.92 Å². The standard InChI is InChI=1S/C20H34N2O7S2/c1-5-27-18(24)14(3)12-15(22-9-7-8-17(22)23)13-16(31-20(30)28-6-2)21-19(25)29-11-10-26-4/h14-16H,5-13H2,1-4H3,(H,21,25). The minimum atomic E-state index is -0.612. The molecule has 0 aromatic carbocycles. The fraction of sp³-hybridized carbons (Fsp3) is 0.800. The molecule has 0 saturated carbocycles. The Morgan fingerprint density at radius 3 is 2.45 bits per heavy atom. The van der Waals surface area contributed by atoms with E-state index in [1.165, 1.54) is 18.9 Å². The van der Waals surface area contributed by atoms with E-state index in [-0.39, 0.29) is 35.5 Å². The van der Waals surface area contributed by atoms with Gasteiger partial charge in [0.05, 0.1) is 31.1 Å². The molecule has 178 valence electrons. The summed E-state index contributed by atoms with van der Waals surface area (Å²) in [5, 5.41) is 2.29. The lowest BCUT2D eigenvalue weighted by molar-refractivity contribution is -0.148. The van der Waals surface area contributed by atoms with Gasteiger partial charge in [0.2, 0.25) is 10.3 Å². The second-order valence-electron chi connectivity index (χ2n) is 7.03. The molecule has 11 heteroatoms. The lowest BCUT2D eigenvalue weighted by atomic mass is 9.98. The van der Waals surface area contributed by atoms with Crippen molar-refractivity contribution in [2.45, 2.75) is 57.9 Å². The van der Waals surface area contributed by atoms with Crippen molar-refractivity contribution in [1.29, 1.82) is 0 Å². The maximum atomic E-state index is 12.4. The van der Waals surface area contributed by atoms with Crippen LogP contribution in [0.4, 0.5) is 4.79 Å². The highest BCUT2D eigenvalue weighted by Crippen LogP contribution is 2.27. The number of nitrogens with one attached hydrogen (secondary N) is 1. The monoisotopic (exact) mass is 478 g/mol. The summed E-state index contributed by atoms with van der Waals surface area (Å²) in [6, 6.07) is -0.268. The highest BCUT2D eigenvalue weighted by molar-refractivity contribution is 8.23. The molecule has 0 aromatic heterocycles. The van der Waals surface area contributed by atoms with Gasteiger partial charge in [-0.3, -0.25) is 9.59 Å². The smallest absolute Gasteiger partial charge is 0.408 e. The van der Waals surface area contributed by atoms with Crippen LogP contribution in [-0.2, 0) is 28.5 Å². The third kappa shape index (κ3) is 10.5. The second kappa shape index (κ2) is 15.3. The Hall–Kier alpha value is -1.59. The van der Waals surface area contributed by atoms with Crippen LogP contribution in [0.15, 0.2) is 0 Å². The average Bonchev–Trinajstić information content (AvgIpc) is 3.13. The number of likely N-dealkylation sites (tertiary alicyclic amines) is 1. The first kappa shape index (κ1) is 27.4. The van der Waals surface area contributed by atoms with Crippen molar-refractivity contribution in [2.24, 2.45) is 5.92 Å². The number of hydrogen-bond donors (Lipinski definition) is 1. The maximum absolute atomic E-state index is 12.4. The molecule has 1 N–H and O–H groups in total. The van der Waals surface area contributed by atoms with Crippen molar-refractivity contribution >= 4 is 46.3 Å². The highest BCUT2D eigenvalue weighted by atomic mass is 32.2. The van der Waals surface area contributed by atoms with Gasteiger partial charge in [0, 0.05) is 26.1 Å². The molecule has 1 aliphatic rings. The zero-order valence-electron chi connectivity index (χ0n) is 18.7. The molecule has 0 spiro atoms. The van der Waals surface area contributed by atoms with Crippen LogP contribution in [-0.4, -0.2) is 78.8 Å². The molecule has 3 atom stereocenters. The van der Waals surface area contributed by atoms with Crippen LogP contribution >= 0.6 is 24.0 Å². The number of nitrogens with zero attached hydrogens (tertiary/aromatic N) is 1. The molecule has 0 aliphatic carbocycles. The molecule has 0 aromatic rings. The molecule has 0 radical (unpaired) electrons. The van der Waals surface area contributed by atoms with Crippen molar-refractivity contribution in [2.75, 3.05) is 40.1 Å². The van der Waals surface area contributed by atoms with E-state index in [0.29, 0.717) is 39.0 Å². The number of thiocarbonyl (C=S) groups is 1. The first-order valence-electron chi connectivity index (χ1n) is 10.5. The van der Waals surface area contributed by atoms with E-state index in [2.05, 4.69) is 5.32 Å². The van der Waals surface area contributed by atoms with Crippen molar-refractivity contribution in [3.8, 4) is 0 Å². The number of hydrogen-bond acceptors (Lipinski definition) is 9. The quantitative estimate of drug-likeness (QED) is 0.185. The summed E-state index contributed by atoms with van der Waals surface area (Å²) >= 11 is 6.42. The maximum Gasteiger partial charge on any atom is 0.408 e. The first-order chi connectivity index (χ1) is 14.8. The fourth-order valence-electron chi connectivity index (χ4n) is 3.24. The van der Waals surface area contributed by atoms with Crippen molar-refractivity contribution in [1.82, 2.24) is 10.2 Å². The Bertz CT molecular complexity index is 606. The van der Waals surface area contributed by atoms with Crippen LogP contribution in [0.1, 0.15) is 46.5 Å². The van der Waals surface area contributed by atoms with Crippen LogP contribution < -0.4 is 5.32 Å². The van der Waals surface area contributed by atoms with Crippen LogP contribution in [0.25, 0.3) is 0 Å². The van der Waals surface area contributed by atoms with E-state index >= 15 is 0 Å². The average molecular weight is 479 g/mol. The lowest BCUT2D eigenvalue weighted by Gasteiger charge is -2.32. The number of amides is 2. The van der Waals surface area contributed by atoms with E-state index < -0.39 is 17.4 Å². The van der Waals surface area contributed by atoms with Crippen molar-refractivity contribution < 1.29 is 33.3 Å². The number of ether oxygens (including phenoxy) is 4. The summed E-state index contributed by atoms with van der Waals surface area (Å²) in [7, 11) is 1.52. The Morgan fingerprint density at radius 1 is 1.16 bits per heavy atom.